The van der Waals surface area contributed by atoms with Gasteiger partial charge in [-0.15, -0.1) is 0 Å². The standard InChI is InChI=1S/C11H18BrN3O2/c1-7-9(8(2)15(3)14-7)5-13-6-10(12)11(16)17-4/h10,13H,5-6H2,1-4H3. The van der Waals surface area contributed by atoms with Gasteiger partial charge in [0.05, 0.1) is 12.8 Å². The quantitative estimate of drug-likeness (QED) is 0.653. The van der Waals surface area contributed by atoms with Crippen LogP contribution in [-0.2, 0) is 23.1 Å². The Morgan fingerprint density at radius 2 is 2.24 bits per heavy atom. The number of methoxy groups -OCH3 is 1. The average molecular weight is 304 g/mol. The molecule has 0 aliphatic rings. The molecule has 0 fully saturated rings. The number of ether oxygens (including phenoxy) is 1. The van der Waals surface area contributed by atoms with Crippen molar-refractivity contribution in [1.29, 1.82) is 0 Å². The van der Waals surface area contributed by atoms with Crippen LogP contribution in [0.1, 0.15) is 17.0 Å². The molecule has 6 heteroatoms. The number of nitrogens with zero attached hydrogens (tertiary/aromatic N) is 2. The molecular weight excluding hydrogens is 286 g/mol. The molecule has 5 nitrogen and oxygen atoms in total. The van der Waals surface area contributed by atoms with Gasteiger partial charge in [0, 0.05) is 31.4 Å². The Morgan fingerprint density at radius 3 is 2.71 bits per heavy atom. The highest BCUT2D eigenvalue weighted by molar-refractivity contribution is 9.10. The Balaban J connectivity index is 2.49. The van der Waals surface area contributed by atoms with Crippen LogP contribution in [0.2, 0.25) is 0 Å². The summed E-state index contributed by atoms with van der Waals surface area (Å²) in [6, 6.07) is 0. The summed E-state index contributed by atoms with van der Waals surface area (Å²) in [5.74, 6) is -0.267. The molecule has 0 saturated heterocycles. The molecular formula is C11H18BrN3O2. The summed E-state index contributed by atoms with van der Waals surface area (Å²) in [7, 11) is 3.31. The summed E-state index contributed by atoms with van der Waals surface area (Å²) in [4.78, 5) is 10.9. The molecule has 1 heterocycles. The zero-order valence-corrected chi connectivity index (χ0v) is 12.2. The second-order valence-corrected chi connectivity index (χ2v) is 5.00. The number of hydrogen-bond acceptors (Lipinski definition) is 4. The third-order valence-electron chi connectivity index (χ3n) is 2.74. The van der Waals surface area contributed by atoms with Gasteiger partial charge in [-0.1, -0.05) is 15.9 Å². The van der Waals surface area contributed by atoms with Gasteiger partial charge >= 0.3 is 5.97 Å². The largest absolute Gasteiger partial charge is 0.468 e. The number of carbonyl (C=O) groups excluding carboxylic acids is 1. The number of halogens is 1. The number of carbonyl (C=O) groups is 1. The Labute approximate surface area is 110 Å². The van der Waals surface area contributed by atoms with Gasteiger partial charge in [-0.25, -0.2) is 0 Å². The van der Waals surface area contributed by atoms with Gasteiger partial charge in [0.25, 0.3) is 0 Å². The SMILES string of the molecule is COC(=O)C(Br)CNCc1c(C)nn(C)c1C. The molecule has 1 unspecified atom stereocenters. The number of rotatable bonds is 5. The van der Waals surface area contributed by atoms with Crippen molar-refractivity contribution in [3.8, 4) is 0 Å². The van der Waals surface area contributed by atoms with Gasteiger partial charge in [-0.2, -0.15) is 5.10 Å². The van der Waals surface area contributed by atoms with E-state index in [1.807, 2.05) is 25.6 Å². The second-order valence-electron chi connectivity index (χ2n) is 3.89. The average Bonchev–Trinajstić information content (AvgIpc) is 2.54. The Kier molecular flexibility index (Phi) is 5.14. The van der Waals surface area contributed by atoms with Gasteiger partial charge in [0.2, 0.25) is 0 Å². The molecule has 1 aromatic rings. The van der Waals surface area contributed by atoms with Gasteiger partial charge in [-0.3, -0.25) is 9.48 Å². The molecule has 96 valence electrons. The zero-order valence-electron chi connectivity index (χ0n) is 10.6. The van der Waals surface area contributed by atoms with E-state index >= 15 is 0 Å². The fraction of sp³-hybridized carbons (Fsp3) is 0.636. The highest BCUT2D eigenvalue weighted by Crippen LogP contribution is 2.11. The first-order chi connectivity index (χ1) is 7.97. The van der Waals surface area contributed by atoms with E-state index in [-0.39, 0.29) is 10.8 Å². The molecule has 17 heavy (non-hydrogen) atoms. The maximum absolute atomic E-state index is 11.2. The van der Waals surface area contributed by atoms with E-state index in [0.717, 1.165) is 11.4 Å². The first kappa shape index (κ1) is 14.2. The van der Waals surface area contributed by atoms with Gasteiger partial charge < -0.3 is 10.1 Å². The number of alkyl halides is 1. The van der Waals surface area contributed by atoms with Crippen LogP contribution in [0.4, 0.5) is 0 Å². The fourth-order valence-electron chi connectivity index (χ4n) is 1.61. The summed E-state index contributed by atoms with van der Waals surface area (Å²) in [6.45, 7) is 5.24. The molecule has 0 aliphatic carbocycles. The molecule has 0 saturated carbocycles. The number of esters is 1. The van der Waals surface area contributed by atoms with Crippen LogP contribution in [-0.4, -0.2) is 34.2 Å². The van der Waals surface area contributed by atoms with E-state index < -0.39 is 0 Å². The van der Waals surface area contributed by atoms with Crippen molar-refractivity contribution in [3.05, 3.63) is 17.0 Å². The number of aromatic nitrogens is 2. The lowest BCUT2D eigenvalue weighted by Gasteiger charge is -2.09. The molecule has 0 bridgehead atoms. The van der Waals surface area contributed by atoms with Crippen molar-refractivity contribution in [2.45, 2.75) is 25.2 Å². The normalized spacial score (nSPS) is 12.5. The molecule has 1 atom stereocenters. The van der Waals surface area contributed by atoms with Crippen molar-refractivity contribution in [1.82, 2.24) is 15.1 Å². The molecule has 1 rings (SSSR count). The predicted octanol–water partition coefficient (Wildman–Crippen LogP) is 1.06. The van der Waals surface area contributed by atoms with Crippen molar-refractivity contribution in [2.75, 3.05) is 13.7 Å². The summed E-state index contributed by atoms with van der Waals surface area (Å²) < 4.78 is 6.48. The van der Waals surface area contributed by atoms with E-state index in [0.29, 0.717) is 13.1 Å². The molecule has 1 N–H and O–H groups in total. The minimum atomic E-state index is -0.315. The summed E-state index contributed by atoms with van der Waals surface area (Å²) in [5, 5.41) is 7.54. The molecule has 0 aliphatic heterocycles. The topological polar surface area (TPSA) is 56.1 Å². The minimum absolute atomic E-state index is 0.267. The minimum Gasteiger partial charge on any atom is -0.468 e. The van der Waals surface area contributed by atoms with Crippen LogP contribution < -0.4 is 5.32 Å². The zero-order chi connectivity index (χ0) is 13.0. The third-order valence-corrected chi connectivity index (χ3v) is 3.44. The molecule has 0 aromatic carbocycles. The first-order valence-electron chi connectivity index (χ1n) is 5.39. The van der Waals surface area contributed by atoms with E-state index in [4.69, 9.17) is 0 Å². The van der Waals surface area contributed by atoms with E-state index in [1.165, 1.54) is 12.7 Å². The number of aryl methyl sites for hydroxylation is 2. The van der Waals surface area contributed by atoms with Gasteiger partial charge in [0.1, 0.15) is 4.83 Å². The Hall–Kier alpha value is -0.880. The summed E-state index contributed by atoms with van der Waals surface area (Å²) in [6.07, 6.45) is 0. The van der Waals surface area contributed by atoms with E-state index in [1.54, 1.807) is 0 Å². The van der Waals surface area contributed by atoms with Crippen molar-refractivity contribution < 1.29 is 9.53 Å². The Bertz CT molecular complexity index is 404. The highest BCUT2D eigenvalue weighted by atomic mass is 79.9. The van der Waals surface area contributed by atoms with Crippen molar-refractivity contribution in [2.24, 2.45) is 7.05 Å². The lowest BCUT2D eigenvalue weighted by atomic mass is 10.2. The van der Waals surface area contributed by atoms with Crippen LogP contribution in [0, 0.1) is 13.8 Å². The fourth-order valence-corrected chi connectivity index (χ4v) is 2.02. The number of nitrogens with one attached hydrogen (secondary N) is 1. The van der Waals surface area contributed by atoms with Crippen LogP contribution in [0.25, 0.3) is 0 Å². The first-order valence-corrected chi connectivity index (χ1v) is 6.30. The lowest BCUT2D eigenvalue weighted by molar-refractivity contribution is -0.139. The molecule has 0 radical (unpaired) electrons. The monoisotopic (exact) mass is 303 g/mol. The van der Waals surface area contributed by atoms with Crippen LogP contribution in [0.3, 0.4) is 0 Å². The maximum Gasteiger partial charge on any atom is 0.320 e. The van der Waals surface area contributed by atoms with E-state index in [9.17, 15) is 4.79 Å². The third kappa shape index (κ3) is 3.54. The Morgan fingerprint density at radius 1 is 1.59 bits per heavy atom. The maximum atomic E-state index is 11.2. The van der Waals surface area contributed by atoms with E-state index in [2.05, 4.69) is 31.1 Å². The van der Waals surface area contributed by atoms with Crippen molar-refractivity contribution in [3.63, 3.8) is 0 Å². The van der Waals surface area contributed by atoms with Crippen molar-refractivity contribution >= 4 is 21.9 Å². The molecule has 1 aromatic heterocycles. The second kappa shape index (κ2) is 6.16. The molecule has 0 amide bonds. The molecule has 0 spiro atoms. The van der Waals surface area contributed by atoms with Crippen LogP contribution in [0.15, 0.2) is 0 Å². The van der Waals surface area contributed by atoms with Crippen LogP contribution in [0.5, 0.6) is 0 Å². The lowest BCUT2D eigenvalue weighted by Crippen LogP contribution is -2.29. The van der Waals surface area contributed by atoms with Gasteiger partial charge in [0.15, 0.2) is 0 Å². The highest BCUT2D eigenvalue weighted by Gasteiger charge is 2.15. The van der Waals surface area contributed by atoms with Gasteiger partial charge in [-0.05, 0) is 13.8 Å². The van der Waals surface area contributed by atoms with Crippen LogP contribution >= 0.6 is 15.9 Å². The summed E-state index contributed by atoms with van der Waals surface area (Å²) in [5.41, 5.74) is 3.33. The smallest absolute Gasteiger partial charge is 0.320 e. The summed E-state index contributed by atoms with van der Waals surface area (Å²) >= 11 is 3.26. The predicted molar refractivity (Wildman–Crippen MR) is 69.1 cm³/mol. The number of hydrogen-bond donors (Lipinski definition) is 1.